The van der Waals surface area contributed by atoms with Gasteiger partial charge in [-0.05, 0) is 52.7 Å². The highest BCUT2D eigenvalue weighted by Crippen LogP contribution is 2.26. The highest BCUT2D eigenvalue weighted by atomic mass is 79.9. The lowest BCUT2D eigenvalue weighted by molar-refractivity contribution is 0.0760. The first-order valence-electron chi connectivity index (χ1n) is 8.05. The zero-order valence-corrected chi connectivity index (χ0v) is 15.3. The van der Waals surface area contributed by atoms with Gasteiger partial charge in [-0.2, -0.15) is 0 Å². The van der Waals surface area contributed by atoms with Crippen LogP contribution in [-0.2, 0) is 6.54 Å². The van der Waals surface area contributed by atoms with E-state index in [-0.39, 0.29) is 5.91 Å². The molecule has 0 atom stereocenters. The molecule has 1 aromatic heterocycles. The number of carbonyl (C=O) groups excluding carboxylic acids is 1. The van der Waals surface area contributed by atoms with Crippen molar-refractivity contribution in [2.75, 3.05) is 33.3 Å². The zero-order chi connectivity index (χ0) is 16.9. The van der Waals surface area contributed by atoms with Crippen LogP contribution >= 0.6 is 15.9 Å². The Hall–Kier alpha value is -1.79. The molecule has 1 aliphatic rings. The second-order valence-corrected chi connectivity index (χ2v) is 6.70. The Morgan fingerprint density at radius 2 is 2.12 bits per heavy atom. The third kappa shape index (κ3) is 3.99. The van der Waals surface area contributed by atoms with E-state index < -0.39 is 0 Å². The van der Waals surface area contributed by atoms with Crippen LogP contribution in [0.1, 0.15) is 22.5 Å². The molecule has 0 saturated carbocycles. The van der Waals surface area contributed by atoms with Crippen molar-refractivity contribution in [2.24, 2.45) is 0 Å². The van der Waals surface area contributed by atoms with Gasteiger partial charge >= 0.3 is 0 Å². The summed E-state index contributed by atoms with van der Waals surface area (Å²) in [6.45, 7) is 4.12. The minimum absolute atomic E-state index is 0.0678. The van der Waals surface area contributed by atoms with Crippen LogP contribution in [0.4, 0.5) is 0 Å². The molecule has 0 radical (unpaired) electrons. The van der Waals surface area contributed by atoms with Crippen molar-refractivity contribution >= 4 is 21.8 Å². The van der Waals surface area contributed by atoms with Crippen LogP contribution in [0.3, 0.4) is 0 Å². The molecule has 2 aromatic rings. The van der Waals surface area contributed by atoms with Crippen LogP contribution in [-0.4, -0.2) is 49.0 Å². The second kappa shape index (κ2) is 7.85. The number of ether oxygens (including phenoxy) is 1. The predicted octanol–water partition coefficient (Wildman–Crippen LogP) is 3.40. The molecule has 1 fully saturated rings. The average molecular weight is 393 g/mol. The van der Waals surface area contributed by atoms with Crippen LogP contribution in [0.15, 0.2) is 45.5 Å². The minimum atomic E-state index is 0.0678. The summed E-state index contributed by atoms with van der Waals surface area (Å²) in [5, 5.41) is 0. The lowest BCUT2D eigenvalue weighted by atomic mass is 10.2. The number of hydrogen-bond donors (Lipinski definition) is 0. The van der Waals surface area contributed by atoms with Gasteiger partial charge in [0.1, 0.15) is 11.5 Å². The van der Waals surface area contributed by atoms with E-state index in [1.54, 1.807) is 13.4 Å². The topological polar surface area (TPSA) is 45.9 Å². The van der Waals surface area contributed by atoms with E-state index in [1.807, 2.05) is 35.2 Å². The van der Waals surface area contributed by atoms with Gasteiger partial charge in [-0.1, -0.05) is 0 Å². The predicted molar refractivity (Wildman–Crippen MR) is 95.2 cm³/mol. The van der Waals surface area contributed by atoms with Gasteiger partial charge in [0.15, 0.2) is 0 Å². The lowest BCUT2D eigenvalue weighted by Gasteiger charge is -2.22. The van der Waals surface area contributed by atoms with Crippen molar-refractivity contribution in [1.29, 1.82) is 0 Å². The number of hydrogen-bond acceptors (Lipinski definition) is 4. The summed E-state index contributed by atoms with van der Waals surface area (Å²) in [6.07, 6.45) is 2.66. The van der Waals surface area contributed by atoms with Crippen LogP contribution in [0.25, 0.3) is 0 Å². The molecule has 1 saturated heterocycles. The van der Waals surface area contributed by atoms with Gasteiger partial charge in [0.2, 0.25) is 0 Å². The molecule has 24 heavy (non-hydrogen) atoms. The van der Waals surface area contributed by atoms with E-state index >= 15 is 0 Å². The third-order valence-electron chi connectivity index (χ3n) is 4.23. The van der Waals surface area contributed by atoms with Gasteiger partial charge < -0.3 is 14.1 Å². The van der Waals surface area contributed by atoms with E-state index in [2.05, 4.69) is 20.8 Å². The molecule has 0 spiro atoms. The molecule has 0 bridgehead atoms. The summed E-state index contributed by atoms with van der Waals surface area (Å²) in [5.41, 5.74) is 0.683. The molecule has 1 amide bonds. The zero-order valence-electron chi connectivity index (χ0n) is 13.7. The monoisotopic (exact) mass is 392 g/mol. The van der Waals surface area contributed by atoms with E-state index in [9.17, 15) is 4.79 Å². The van der Waals surface area contributed by atoms with Gasteiger partial charge in [-0.15, -0.1) is 0 Å². The van der Waals surface area contributed by atoms with Crippen molar-refractivity contribution in [1.82, 2.24) is 9.80 Å². The maximum Gasteiger partial charge on any atom is 0.253 e. The normalized spacial score (nSPS) is 16.0. The molecule has 2 heterocycles. The fourth-order valence-corrected chi connectivity index (χ4v) is 3.48. The molecular weight excluding hydrogens is 372 g/mol. The third-order valence-corrected chi connectivity index (χ3v) is 4.85. The SMILES string of the molecule is COc1ccc(C(=O)N2CCCN(Cc3ccco3)CC2)cc1Br. The minimum Gasteiger partial charge on any atom is -0.496 e. The second-order valence-electron chi connectivity index (χ2n) is 5.85. The van der Waals surface area contributed by atoms with Crippen molar-refractivity contribution < 1.29 is 13.9 Å². The molecule has 5 nitrogen and oxygen atoms in total. The van der Waals surface area contributed by atoms with Crippen molar-refractivity contribution in [3.05, 3.63) is 52.4 Å². The fraction of sp³-hybridized carbons (Fsp3) is 0.389. The first-order chi connectivity index (χ1) is 11.7. The summed E-state index contributed by atoms with van der Waals surface area (Å²) >= 11 is 3.44. The smallest absolute Gasteiger partial charge is 0.253 e. The number of methoxy groups -OCH3 is 1. The van der Waals surface area contributed by atoms with E-state index in [0.29, 0.717) is 5.56 Å². The average Bonchev–Trinajstić information content (AvgIpc) is 2.98. The molecule has 0 N–H and O–H groups in total. The quantitative estimate of drug-likeness (QED) is 0.799. The Bertz CT molecular complexity index is 688. The molecule has 3 rings (SSSR count). The van der Waals surface area contributed by atoms with E-state index in [1.165, 1.54) is 0 Å². The van der Waals surface area contributed by atoms with Crippen LogP contribution < -0.4 is 4.74 Å². The Morgan fingerprint density at radius 1 is 1.25 bits per heavy atom. The molecule has 1 aromatic carbocycles. The van der Waals surface area contributed by atoms with Crippen LogP contribution in [0, 0.1) is 0 Å². The fourth-order valence-electron chi connectivity index (χ4n) is 2.94. The largest absolute Gasteiger partial charge is 0.496 e. The number of furan rings is 1. The van der Waals surface area contributed by atoms with Gasteiger partial charge in [-0.3, -0.25) is 9.69 Å². The Balaban J connectivity index is 1.62. The first-order valence-corrected chi connectivity index (χ1v) is 8.84. The number of amides is 1. The maximum absolute atomic E-state index is 12.8. The number of nitrogens with zero attached hydrogens (tertiary/aromatic N) is 2. The summed E-state index contributed by atoms with van der Waals surface area (Å²) in [4.78, 5) is 17.0. The van der Waals surface area contributed by atoms with Gasteiger partial charge in [0, 0.05) is 31.7 Å². The summed E-state index contributed by atoms with van der Waals surface area (Å²) in [7, 11) is 1.62. The first kappa shape index (κ1) is 17.0. The molecule has 1 aliphatic heterocycles. The molecule has 0 unspecified atom stereocenters. The Morgan fingerprint density at radius 3 is 2.83 bits per heavy atom. The summed E-state index contributed by atoms with van der Waals surface area (Å²) in [6, 6.07) is 9.36. The van der Waals surface area contributed by atoms with Gasteiger partial charge in [-0.25, -0.2) is 0 Å². The highest BCUT2D eigenvalue weighted by molar-refractivity contribution is 9.10. The lowest BCUT2D eigenvalue weighted by Crippen LogP contribution is -2.35. The van der Waals surface area contributed by atoms with Gasteiger partial charge in [0.25, 0.3) is 5.91 Å². The molecule has 6 heteroatoms. The van der Waals surface area contributed by atoms with Crippen LogP contribution in [0.5, 0.6) is 5.75 Å². The van der Waals surface area contributed by atoms with E-state index in [4.69, 9.17) is 9.15 Å². The Labute approximate surface area is 150 Å². The van der Waals surface area contributed by atoms with Crippen molar-refractivity contribution in [2.45, 2.75) is 13.0 Å². The maximum atomic E-state index is 12.8. The van der Waals surface area contributed by atoms with Crippen molar-refractivity contribution in [3.8, 4) is 5.75 Å². The number of halogens is 1. The highest BCUT2D eigenvalue weighted by Gasteiger charge is 2.21. The standard InChI is InChI=1S/C18H21BrN2O3/c1-23-17-6-5-14(12-16(17)19)18(22)21-8-3-7-20(9-10-21)13-15-4-2-11-24-15/h2,4-6,11-12H,3,7-10,13H2,1H3. The van der Waals surface area contributed by atoms with E-state index in [0.717, 1.165) is 55.1 Å². The van der Waals surface area contributed by atoms with Gasteiger partial charge in [0.05, 0.1) is 24.4 Å². The van der Waals surface area contributed by atoms with Crippen molar-refractivity contribution in [3.63, 3.8) is 0 Å². The molecule has 128 valence electrons. The summed E-state index contributed by atoms with van der Waals surface area (Å²) in [5.74, 6) is 1.76. The summed E-state index contributed by atoms with van der Waals surface area (Å²) < 4.78 is 11.4. The number of benzene rings is 1. The molecule has 0 aliphatic carbocycles. The number of carbonyl (C=O) groups is 1. The Kier molecular flexibility index (Phi) is 5.58. The molecular formula is C18H21BrN2O3. The van der Waals surface area contributed by atoms with Crippen LogP contribution in [0.2, 0.25) is 0 Å². The number of rotatable bonds is 4.